The van der Waals surface area contributed by atoms with Crippen molar-refractivity contribution in [2.24, 2.45) is 0 Å². The van der Waals surface area contributed by atoms with Crippen molar-refractivity contribution in [1.82, 2.24) is 0 Å². The number of hydrogen-bond donors (Lipinski definition) is 0. The van der Waals surface area contributed by atoms with Crippen molar-refractivity contribution in [3.05, 3.63) is 29.8 Å². The Hall–Kier alpha value is -0.630. The standard InChI is InChI=1S/C9H13NS.C2H6/c1-8-4-6-9(7-5-8)10(2)11-3;1-2/h4-7H,1-3H3;1-2H3. The van der Waals surface area contributed by atoms with E-state index in [1.807, 2.05) is 13.8 Å². The summed E-state index contributed by atoms with van der Waals surface area (Å²) in [5.74, 6) is 0. The van der Waals surface area contributed by atoms with Crippen molar-refractivity contribution in [2.75, 3.05) is 17.6 Å². The smallest absolute Gasteiger partial charge is 0.0466 e. The van der Waals surface area contributed by atoms with E-state index in [1.54, 1.807) is 11.9 Å². The maximum absolute atomic E-state index is 2.14. The van der Waals surface area contributed by atoms with Gasteiger partial charge in [-0.25, -0.2) is 0 Å². The molecule has 1 nitrogen and oxygen atoms in total. The van der Waals surface area contributed by atoms with Crippen molar-refractivity contribution in [1.29, 1.82) is 0 Å². The van der Waals surface area contributed by atoms with Crippen molar-refractivity contribution >= 4 is 17.6 Å². The first-order valence-electron chi connectivity index (χ1n) is 4.58. The molecule has 0 atom stereocenters. The molecule has 1 rings (SSSR count). The van der Waals surface area contributed by atoms with Gasteiger partial charge < -0.3 is 4.31 Å². The second-order valence-corrected chi connectivity index (χ2v) is 3.43. The third-order valence-corrected chi connectivity index (χ3v) is 2.43. The first-order chi connectivity index (χ1) is 6.24. The van der Waals surface area contributed by atoms with Crippen LogP contribution in [0.5, 0.6) is 0 Å². The maximum atomic E-state index is 2.14. The summed E-state index contributed by atoms with van der Waals surface area (Å²) in [6.45, 7) is 6.10. The Morgan fingerprint density at radius 1 is 1.08 bits per heavy atom. The van der Waals surface area contributed by atoms with Gasteiger partial charge >= 0.3 is 0 Å². The van der Waals surface area contributed by atoms with Gasteiger partial charge in [0.1, 0.15) is 0 Å². The van der Waals surface area contributed by atoms with Gasteiger partial charge in [0.25, 0.3) is 0 Å². The predicted molar refractivity (Wildman–Crippen MR) is 64.4 cm³/mol. The van der Waals surface area contributed by atoms with Crippen LogP contribution in [0.4, 0.5) is 5.69 Å². The van der Waals surface area contributed by atoms with E-state index in [1.165, 1.54) is 11.3 Å². The molecule has 0 bridgehead atoms. The number of hydrogen-bond acceptors (Lipinski definition) is 2. The van der Waals surface area contributed by atoms with E-state index >= 15 is 0 Å². The van der Waals surface area contributed by atoms with Gasteiger partial charge in [0.2, 0.25) is 0 Å². The van der Waals surface area contributed by atoms with Gasteiger partial charge in [-0.15, -0.1) is 0 Å². The number of rotatable bonds is 2. The molecule has 0 amide bonds. The van der Waals surface area contributed by atoms with Crippen LogP contribution in [-0.2, 0) is 0 Å². The highest BCUT2D eigenvalue weighted by Crippen LogP contribution is 2.18. The Morgan fingerprint density at radius 3 is 1.92 bits per heavy atom. The lowest BCUT2D eigenvalue weighted by Crippen LogP contribution is -2.04. The van der Waals surface area contributed by atoms with Crippen LogP contribution < -0.4 is 4.31 Å². The fourth-order valence-electron chi connectivity index (χ4n) is 0.860. The Morgan fingerprint density at radius 2 is 1.54 bits per heavy atom. The zero-order chi connectivity index (χ0) is 10.3. The molecule has 0 aliphatic rings. The summed E-state index contributed by atoms with van der Waals surface area (Å²) in [6, 6.07) is 8.52. The van der Waals surface area contributed by atoms with Crippen LogP contribution in [0, 0.1) is 6.92 Å². The molecule has 0 aromatic heterocycles. The Bertz CT molecular complexity index is 218. The van der Waals surface area contributed by atoms with Crippen molar-refractivity contribution in [2.45, 2.75) is 20.8 Å². The molecule has 74 valence electrons. The van der Waals surface area contributed by atoms with Crippen molar-refractivity contribution in [3.8, 4) is 0 Å². The molecular weight excluding hydrogens is 178 g/mol. The fourth-order valence-corrected chi connectivity index (χ4v) is 1.19. The first-order valence-corrected chi connectivity index (χ1v) is 5.76. The SMILES string of the molecule is CC.CSN(C)c1ccc(C)cc1. The van der Waals surface area contributed by atoms with E-state index in [4.69, 9.17) is 0 Å². The summed E-state index contributed by atoms with van der Waals surface area (Å²) in [4.78, 5) is 0. The molecule has 0 spiro atoms. The third-order valence-electron chi connectivity index (χ3n) is 1.67. The van der Waals surface area contributed by atoms with E-state index in [-0.39, 0.29) is 0 Å². The van der Waals surface area contributed by atoms with Crippen LogP contribution in [0.3, 0.4) is 0 Å². The second-order valence-electron chi connectivity index (χ2n) is 2.52. The molecule has 13 heavy (non-hydrogen) atoms. The molecule has 0 N–H and O–H groups in total. The molecule has 2 heteroatoms. The summed E-state index contributed by atoms with van der Waals surface area (Å²) in [6.07, 6.45) is 2.07. The van der Waals surface area contributed by atoms with Gasteiger partial charge in [0.05, 0.1) is 0 Å². The lowest BCUT2D eigenvalue weighted by molar-refractivity contribution is 1.34. The highest BCUT2D eigenvalue weighted by molar-refractivity contribution is 7.99. The minimum Gasteiger partial charge on any atom is -0.320 e. The van der Waals surface area contributed by atoms with Gasteiger partial charge in [-0.2, -0.15) is 0 Å². The summed E-state index contributed by atoms with van der Waals surface area (Å²) >= 11 is 1.72. The summed E-state index contributed by atoms with van der Waals surface area (Å²) < 4.78 is 2.14. The van der Waals surface area contributed by atoms with Crippen LogP contribution >= 0.6 is 11.9 Å². The average molecular weight is 197 g/mol. The Labute approximate surface area is 86.3 Å². The van der Waals surface area contributed by atoms with Crippen LogP contribution in [0.15, 0.2) is 24.3 Å². The minimum absolute atomic E-state index is 1.25. The molecule has 0 heterocycles. The Kier molecular flexibility index (Phi) is 6.51. The van der Waals surface area contributed by atoms with Crippen LogP contribution in [0.25, 0.3) is 0 Å². The van der Waals surface area contributed by atoms with Crippen molar-refractivity contribution in [3.63, 3.8) is 0 Å². The molecule has 0 fully saturated rings. The van der Waals surface area contributed by atoms with Gasteiger partial charge in [0, 0.05) is 19.0 Å². The fraction of sp³-hybridized carbons (Fsp3) is 0.455. The molecule has 1 aromatic carbocycles. The van der Waals surface area contributed by atoms with Crippen molar-refractivity contribution < 1.29 is 0 Å². The average Bonchev–Trinajstić information content (AvgIpc) is 2.21. The van der Waals surface area contributed by atoms with E-state index in [0.29, 0.717) is 0 Å². The highest BCUT2D eigenvalue weighted by Gasteiger charge is 1.95. The third kappa shape index (κ3) is 4.23. The number of anilines is 1. The molecule has 0 saturated carbocycles. The topological polar surface area (TPSA) is 3.24 Å². The van der Waals surface area contributed by atoms with E-state index in [0.717, 1.165) is 0 Å². The largest absolute Gasteiger partial charge is 0.320 e. The molecule has 0 aliphatic carbocycles. The van der Waals surface area contributed by atoms with Gasteiger partial charge in [0.15, 0.2) is 0 Å². The van der Waals surface area contributed by atoms with Crippen LogP contribution in [0.2, 0.25) is 0 Å². The van der Waals surface area contributed by atoms with Crippen LogP contribution in [-0.4, -0.2) is 13.3 Å². The zero-order valence-corrected chi connectivity index (χ0v) is 9.98. The summed E-state index contributed by atoms with van der Waals surface area (Å²) in [5.41, 5.74) is 2.56. The normalized spacial score (nSPS) is 8.69. The van der Waals surface area contributed by atoms with Gasteiger partial charge in [-0.05, 0) is 19.1 Å². The van der Waals surface area contributed by atoms with Crippen LogP contribution in [0.1, 0.15) is 19.4 Å². The molecular formula is C11H19NS. The van der Waals surface area contributed by atoms with E-state index < -0.39 is 0 Å². The molecule has 0 unspecified atom stereocenters. The lowest BCUT2D eigenvalue weighted by Gasteiger charge is -2.14. The highest BCUT2D eigenvalue weighted by atomic mass is 32.2. The zero-order valence-electron chi connectivity index (χ0n) is 9.16. The first kappa shape index (κ1) is 12.4. The second kappa shape index (κ2) is 6.84. The van der Waals surface area contributed by atoms with Gasteiger partial charge in [-0.3, -0.25) is 0 Å². The molecule has 0 aliphatic heterocycles. The monoisotopic (exact) mass is 197 g/mol. The number of nitrogens with zero attached hydrogens (tertiary/aromatic N) is 1. The molecule has 0 radical (unpaired) electrons. The number of aryl methyl sites for hydroxylation is 1. The Balaban J connectivity index is 0.000000671. The minimum atomic E-state index is 1.25. The lowest BCUT2D eigenvalue weighted by atomic mass is 10.2. The predicted octanol–water partition coefficient (Wildman–Crippen LogP) is 3.74. The van der Waals surface area contributed by atoms with Gasteiger partial charge in [-0.1, -0.05) is 43.5 Å². The number of benzene rings is 1. The maximum Gasteiger partial charge on any atom is 0.0466 e. The summed E-state index contributed by atoms with van der Waals surface area (Å²) in [7, 11) is 2.06. The van der Waals surface area contributed by atoms with E-state index in [9.17, 15) is 0 Å². The molecule has 1 aromatic rings. The summed E-state index contributed by atoms with van der Waals surface area (Å²) in [5, 5.41) is 0. The van der Waals surface area contributed by atoms with E-state index in [2.05, 4.69) is 48.8 Å². The molecule has 0 saturated heterocycles. The quantitative estimate of drug-likeness (QED) is 0.665.